The molecule has 5 nitrogen and oxygen atoms in total. The molecule has 1 unspecified atom stereocenters. The summed E-state index contributed by atoms with van der Waals surface area (Å²) in [7, 11) is 1.74. The zero-order chi connectivity index (χ0) is 14.8. The second kappa shape index (κ2) is 5.55. The van der Waals surface area contributed by atoms with Crippen LogP contribution in [0.15, 0.2) is 36.5 Å². The van der Waals surface area contributed by atoms with Crippen LogP contribution in [0, 0.1) is 5.82 Å². The van der Waals surface area contributed by atoms with Crippen molar-refractivity contribution in [3.05, 3.63) is 48.0 Å². The van der Waals surface area contributed by atoms with E-state index in [1.165, 1.54) is 12.1 Å². The monoisotopic (exact) mass is 289 g/mol. The molecule has 1 fully saturated rings. The van der Waals surface area contributed by atoms with E-state index in [-0.39, 0.29) is 17.8 Å². The summed E-state index contributed by atoms with van der Waals surface area (Å²) < 4.78 is 20.4. The molecule has 21 heavy (non-hydrogen) atoms. The van der Waals surface area contributed by atoms with Gasteiger partial charge < -0.3 is 9.64 Å². The summed E-state index contributed by atoms with van der Waals surface area (Å²) in [6, 6.07) is 7.75. The van der Waals surface area contributed by atoms with E-state index in [2.05, 4.69) is 5.10 Å². The molecular weight excluding hydrogens is 273 g/mol. The van der Waals surface area contributed by atoms with Crippen LogP contribution in [0.5, 0.6) is 5.75 Å². The Kier molecular flexibility index (Phi) is 3.60. The van der Waals surface area contributed by atoms with Gasteiger partial charge >= 0.3 is 0 Å². The van der Waals surface area contributed by atoms with E-state index >= 15 is 0 Å². The molecule has 6 heteroatoms. The molecule has 0 N–H and O–H groups in total. The number of hydrogen-bond acceptors (Lipinski definition) is 3. The maximum absolute atomic E-state index is 13.1. The highest BCUT2D eigenvalue weighted by atomic mass is 19.1. The number of rotatable bonds is 3. The van der Waals surface area contributed by atoms with Crippen LogP contribution in [0.2, 0.25) is 0 Å². The van der Waals surface area contributed by atoms with Gasteiger partial charge in [0.05, 0.1) is 6.54 Å². The fourth-order valence-corrected chi connectivity index (χ4v) is 2.49. The lowest BCUT2D eigenvalue weighted by molar-refractivity contribution is 0.0761. The molecule has 0 saturated carbocycles. The molecule has 110 valence electrons. The van der Waals surface area contributed by atoms with Crippen molar-refractivity contribution in [2.75, 3.05) is 13.1 Å². The van der Waals surface area contributed by atoms with E-state index in [0.717, 1.165) is 6.42 Å². The van der Waals surface area contributed by atoms with E-state index in [4.69, 9.17) is 4.74 Å². The van der Waals surface area contributed by atoms with E-state index in [1.54, 1.807) is 41.0 Å². The Bertz CT molecular complexity index is 656. The van der Waals surface area contributed by atoms with Crippen LogP contribution in [-0.2, 0) is 7.05 Å². The molecule has 1 aliphatic rings. The number of carbonyl (C=O) groups excluding carboxylic acids is 1. The highest BCUT2D eigenvalue weighted by Gasteiger charge is 2.29. The second-order valence-corrected chi connectivity index (χ2v) is 5.08. The lowest BCUT2D eigenvalue weighted by Gasteiger charge is -2.17. The van der Waals surface area contributed by atoms with Crippen LogP contribution in [0.3, 0.4) is 0 Å². The quantitative estimate of drug-likeness (QED) is 0.866. The lowest BCUT2D eigenvalue weighted by Crippen LogP contribution is -2.32. The zero-order valence-corrected chi connectivity index (χ0v) is 11.7. The number of halogens is 1. The van der Waals surface area contributed by atoms with Crippen molar-refractivity contribution >= 4 is 5.91 Å². The number of carbonyl (C=O) groups is 1. The van der Waals surface area contributed by atoms with Gasteiger partial charge in [-0.2, -0.15) is 5.10 Å². The van der Waals surface area contributed by atoms with E-state index in [0.29, 0.717) is 24.5 Å². The summed E-state index contributed by atoms with van der Waals surface area (Å²) in [6.45, 7) is 1.13. The summed E-state index contributed by atoms with van der Waals surface area (Å²) in [4.78, 5) is 14.1. The summed E-state index contributed by atoms with van der Waals surface area (Å²) in [6.07, 6.45) is 2.23. The molecule has 2 aromatic rings. The topological polar surface area (TPSA) is 47.4 Å². The molecule has 1 aromatic carbocycles. The van der Waals surface area contributed by atoms with Gasteiger partial charge in [0.1, 0.15) is 23.4 Å². The average molecular weight is 289 g/mol. The van der Waals surface area contributed by atoms with Crippen LogP contribution >= 0.6 is 0 Å². The molecule has 0 aliphatic carbocycles. The highest BCUT2D eigenvalue weighted by molar-refractivity contribution is 5.92. The Balaban J connectivity index is 1.63. The minimum atomic E-state index is -0.326. The van der Waals surface area contributed by atoms with Gasteiger partial charge in [-0.3, -0.25) is 9.48 Å². The van der Waals surface area contributed by atoms with Crippen molar-refractivity contribution in [3.63, 3.8) is 0 Å². The first kappa shape index (κ1) is 13.6. The Morgan fingerprint density at radius 3 is 3.00 bits per heavy atom. The molecule has 1 atom stereocenters. The van der Waals surface area contributed by atoms with Gasteiger partial charge in [-0.25, -0.2) is 4.39 Å². The van der Waals surface area contributed by atoms with Crippen molar-refractivity contribution in [1.82, 2.24) is 14.7 Å². The third-order valence-electron chi connectivity index (χ3n) is 3.57. The van der Waals surface area contributed by atoms with Crippen molar-refractivity contribution in [2.45, 2.75) is 12.5 Å². The summed E-state index contributed by atoms with van der Waals surface area (Å²) >= 11 is 0. The van der Waals surface area contributed by atoms with Crippen LogP contribution in [-0.4, -0.2) is 39.8 Å². The molecule has 1 amide bonds. The van der Waals surface area contributed by atoms with Gasteiger partial charge in [0, 0.05) is 32.3 Å². The number of benzene rings is 1. The number of ether oxygens (including phenoxy) is 1. The van der Waals surface area contributed by atoms with E-state index in [1.807, 2.05) is 0 Å². The standard InChI is InChI=1S/C15H16FN3O2/c1-18-14(5-7-17-18)15(20)19-8-6-13(10-19)21-12-4-2-3-11(16)9-12/h2-5,7,9,13H,6,8,10H2,1H3. The number of hydrogen-bond donors (Lipinski definition) is 0. The molecular formula is C15H16FN3O2. The molecule has 0 radical (unpaired) electrons. The van der Waals surface area contributed by atoms with Crippen LogP contribution in [0.4, 0.5) is 4.39 Å². The Labute approximate surface area is 121 Å². The molecule has 0 spiro atoms. The van der Waals surface area contributed by atoms with Crippen LogP contribution < -0.4 is 4.74 Å². The maximum Gasteiger partial charge on any atom is 0.272 e. The maximum atomic E-state index is 13.1. The fourth-order valence-electron chi connectivity index (χ4n) is 2.49. The normalized spacial score (nSPS) is 18.0. The van der Waals surface area contributed by atoms with Gasteiger partial charge in [0.15, 0.2) is 0 Å². The largest absolute Gasteiger partial charge is 0.488 e. The predicted octanol–water partition coefficient (Wildman–Crippen LogP) is 1.85. The van der Waals surface area contributed by atoms with Crippen LogP contribution in [0.1, 0.15) is 16.9 Å². The third-order valence-corrected chi connectivity index (χ3v) is 3.57. The van der Waals surface area contributed by atoms with Gasteiger partial charge in [0.25, 0.3) is 5.91 Å². The number of aromatic nitrogens is 2. The summed E-state index contributed by atoms with van der Waals surface area (Å²) in [5, 5.41) is 4.00. The average Bonchev–Trinajstić information content (AvgIpc) is 3.07. The van der Waals surface area contributed by atoms with E-state index < -0.39 is 0 Å². The number of amides is 1. The van der Waals surface area contributed by atoms with Crippen molar-refractivity contribution < 1.29 is 13.9 Å². The molecule has 0 bridgehead atoms. The Morgan fingerprint density at radius 1 is 1.43 bits per heavy atom. The Morgan fingerprint density at radius 2 is 2.29 bits per heavy atom. The first-order valence-electron chi connectivity index (χ1n) is 6.83. The SMILES string of the molecule is Cn1nccc1C(=O)N1CCC(Oc2cccc(F)c2)C1. The number of likely N-dealkylation sites (tertiary alicyclic amines) is 1. The van der Waals surface area contributed by atoms with Crippen molar-refractivity contribution in [1.29, 1.82) is 0 Å². The first-order chi connectivity index (χ1) is 10.1. The van der Waals surface area contributed by atoms with Crippen LogP contribution in [0.25, 0.3) is 0 Å². The Hall–Kier alpha value is -2.37. The molecule has 1 aromatic heterocycles. The number of aryl methyl sites for hydroxylation is 1. The molecule has 3 rings (SSSR count). The molecule has 1 saturated heterocycles. The van der Waals surface area contributed by atoms with Gasteiger partial charge in [-0.1, -0.05) is 6.07 Å². The minimum Gasteiger partial charge on any atom is -0.488 e. The van der Waals surface area contributed by atoms with Gasteiger partial charge in [-0.05, 0) is 18.2 Å². The van der Waals surface area contributed by atoms with E-state index in [9.17, 15) is 9.18 Å². The third kappa shape index (κ3) is 2.89. The minimum absolute atomic E-state index is 0.0552. The molecule has 2 heterocycles. The second-order valence-electron chi connectivity index (χ2n) is 5.08. The van der Waals surface area contributed by atoms with Gasteiger partial charge in [0.2, 0.25) is 0 Å². The summed E-state index contributed by atoms with van der Waals surface area (Å²) in [5.41, 5.74) is 0.557. The van der Waals surface area contributed by atoms with Crippen molar-refractivity contribution in [2.24, 2.45) is 7.05 Å². The van der Waals surface area contributed by atoms with Gasteiger partial charge in [-0.15, -0.1) is 0 Å². The smallest absolute Gasteiger partial charge is 0.272 e. The fraction of sp³-hybridized carbons (Fsp3) is 0.333. The summed E-state index contributed by atoms with van der Waals surface area (Å²) in [5.74, 6) is 0.114. The highest BCUT2D eigenvalue weighted by Crippen LogP contribution is 2.20. The van der Waals surface area contributed by atoms with Crippen molar-refractivity contribution in [3.8, 4) is 5.75 Å². The molecule has 1 aliphatic heterocycles. The predicted molar refractivity (Wildman–Crippen MR) is 74.5 cm³/mol. The number of nitrogens with zero attached hydrogens (tertiary/aromatic N) is 3. The lowest BCUT2D eigenvalue weighted by atomic mass is 10.3. The first-order valence-corrected chi connectivity index (χ1v) is 6.83. The zero-order valence-electron chi connectivity index (χ0n) is 11.7.